The number of amides is 1. The molecule has 0 radical (unpaired) electrons. The number of halogens is 1. The number of fused-ring (bicyclic) bond motifs is 3. The van der Waals surface area contributed by atoms with E-state index in [0.29, 0.717) is 28.7 Å². The Bertz CT molecular complexity index is 1350. The van der Waals surface area contributed by atoms with Gasteiger partial charge in [0.2, 0.25) is 0 Å². The summed E-state index contributed by atoms with van der Waals surface area (Å²) in [4.78, 5) is 30.8. The summed E-state index contributed by atoms with van der Waals surface area (Å²) in [5.74, 6) is -0.266. The second kappa shape index (κ2) is 9.24. The molecule has 0 spiro atoms. The standard InChI is InChI=1S/C24H24N4O3.ClH/c29-14-18-8-3-7-17(26-18)13-25-23(30)19-9-4-10-28-22(19)27-21-12-16-6-2-1-5-15(16)11-20(21)24(28)31;/h1-2,4-6,9-12,17-18,26,29H,3,7-8,13-14H2,(H,25,30);1H. The van der Waals surface area contributed by atoms with Gasteiger partial charge in [-0.2, -0.15) is 0 Å². The molecule has 7 nitrogen and oxygen atoms in total. The van der Waals surface area contributed by atoms with E-state index < -0.39 is 0 Å². The molecule has 2 aromatic heterocycles. The van der Waals surface area contributed by atoms with Crippen molar-refractivity contribution in [2.75, 3.05) is 13.2 Å². The minimum Gasteiger partial charge on any atom is -0.395 e. The minimum atomic E-state index is -0.266. The van der Waals surface area contributed by atoms with E-state index in [0.717, 1.165) is 30.0 Å². The number of benzene rings is 2. The number of pyridine rings is 1. The Morgan fingerprint density at radius 1 is 1.12 bits per heavy atom. The van der Waals surface area contributed by atoms with Gasteiger partial charge in [0.25, 0.3) is 11.5 Å². The molecule has 2 unspecified atom stereocenters. The minimum absolute atomic E-state index is 0. The highest BCUT2D eigenvalue weighted by Gasteiger charge is 2.21. The van der Waals surface area contributed by atoms with E-state index in [9.17, 15) is 14.7 Å². The van der Waals surface area contributed by atoms with E-state index in [4.69, 9.17) is 0 Å². The van der Waals surface area contributed by atoms with Crippen LogP contribution in [0.2, 0.25) is 0 Å². The fourth-order valence-electron chi connectivity index (χ4n) is 4.42. The van der Waals surface area contributed by atoms with Gasteiger partial charge in [0, 0.05) is 24.8 Å². The van der Waals surface area contributed by atoms with Gasteiger partial charge in [-0.3, -0.25) is 14.0 Å². The Balaban J connectivity index is 0.00000245. The molecule has 0 saturated carbocycles. The number of nitrogens with zero attached hydrogens (tertiary/aromatic N) is 2. The van der Waals surface area contributed by atoms with Crippen LogP contribution in [0.3, 0.4) is 0 Å². The molecular weight excluding hydrogens is 428 g/mol. The van der Waals surface area contributed by atoms with Gasteiger partial charge in [0.05, 0.1) is 23.1 Å². The molecule has 1 amide bonds. The number of carbonyl (C=O) groups excluding carboxylic acids is 1. The van der Waals surface area contributed by atoms with Crippen molar-refractivity contribution in [3.8, 4) is 0 Å². The lowest BCUT2D eigenvalue weighted by atomic mass is 9.99. The molecule has 0 aliphatic carbocycles. The molecule has 166 valence electrons. The Kier molecular flexibility index (Phi) is 6.41. The van der Waals surface area contributed by atoms with Crippen LogP contribution in [0.25, 0.3) is 27.3 Å². The van der Waals surface area contributed by atoms with Crippen LogP contribution in [0.15, 0.2) is 59.5 Å². The zero-order valence-corrected chi connectivity index (χ0v) is 18.3. The molecule has 3 N–H and O–H groups in total. The summed E-state index contributed by atoms with van der Waals surface area (Å²) in [7, 11) is 0. The molecule has 3 heterocycles. The van der Waals surface area contributed by atoms with Crippen molar-refractivity contribution in [3.63, 3.8) is 0 Å². The van der Waals surface area contributed by atoms with Crippen molar-refractivity contribution < 1.29 is 9.90 Å². The lowest BCUT2D eigenvalue weighted by Gasteiger charge is -2.30. The average Bonchev–Trinajstić information content (AvgIpc) is 2.81. The molecule has 2 aromatic carbocycles. The first-order chi connectivity index (χ1) is 15.1. The van der Waals surface area contributed by atoms with E-state index in [-0.39, 0.29) is 42.6 Å². The first-order valence-electron chi connectivity index (χ1n) is 10.6. The van der Waals surface area contributed by atoms with Crippen molar-refractivity contribution >= 4 is 45.6 Å². The van der Waals surface area contributed by atoms with Crippen LogP contribution in [0.5, 0.6) is 0 Å². The van der Waals surface area contributed by atoms with Crippen LogP contribution >= 0.6 is 12.4 Å². The quantitative estimate of drug-likeness (QED) is 0.414. The first-order valence-corrected chi connectivity index (χ1v) is 10.6. The number of aliphatic hydroxyl groups excluding tert-OH is 1. The molecule has 32 heavy (non-hydrogen) atoms. The maximum absolute atomic E-state index is 13.1. The number of aromatic nitrogens is 2. The Morgan fingerprint density at radius 3 is 2.66 bits per heavy atom. The second-order valence-electron chi connectivity index (χ2n) is 8.13. The summed E-state index contributed by atoms with van der Waals surface area (Å²) in [5.41, 5.74) is 1.09. The van der Waals surface area contributed by atoms with Gasteiger partial charge in [-0.05, 0) is 47.9 Å². The third-order valence-electron chi connectivity index (χ3n) is 6.06. The van der Waals surface area contributed by atoms with Gasteiger partial charge in [-0.15, -0.1) is 12.4 Å². The maximum atomic E-state index is 13.1. The van der Waals surface area contributed by atoms with Crippen LogP contribution in [-0.2, 0) is 0 Å². The fraction of sp³-hybridized carbons (Fsp3) is 0.292. The Hall–Kier alpha value is -3.00. The highest BCUT2D eigenvalue weighted by Crippen LogP contribution is 2.21. The third-order valence-corrected chi connectivity index (χ3v) is 6.06. The molecule has 1 aliphatic rings. The zero-order chi connectivity index (χ0) is 21.4. The van der Waals surface area contributed by atoms with Crippen molar-refractivity contribution in [1.82, 2.24) is 20.0 Å². The Morgan fingerprint density at radius 2 is 1.88 bits per heavy atom. The van der Waals surface area contributed by atoms with Crippen LogP contribution in [0.4, 0.5) is 0 Å². The summed E-state index contributed by atoms with van der Waals surface area (Å²) in [6, 6.07) is 15.2. The van der Waals surface area contributed by atoms with E-state index >= 15 is 0 Å². The van der Waals surface area contributed by atoms with Crippen molar-refractivity contribution in [2.24, 2.45) is 0 Å². The zero-order valence-electron chi connectivity index (χ0n) is 17.5. The molecule has 4 aromatic rings. The smallest absolute Gasteiger partial charge is 0.265 e. The van der Waals surface area contributed by atoms with Crippen molar-refractivity contribution in [2.45, 2.75) is 31.3 Å². The predicted molar refractivity (Wildman–Crippen MR) is 128 cm³/mol. The van der Waals surface area contributed by atoms with Crippen molar-refractivity contribution in [3.05, 3.63) is 70.6 Å². The fourth-order valence-corrected chi connectivity index (χ4v) is 4.42. The lowest BCUT2D eigenvalue weighted by molar-refractivity contribution is 0.0945. The Labute approximate surface area is 190 Å². The number of carbonyl (C=O) groups is 1. The van der Waals surface area contributed by atoms with Crippen LogP contribution < -0.4 is 16.2 Å². The average molecular weight is 453 g/mol. The second-order valence-corrected chi connectivity index (χ2v) is 8.13. The number of piperidine rings is 1. The molecule has 1 aliphatic heterocycles. The molecule has 2 atom stereocenters. The predicted octanol–water partition coefficient (Wildman–Crippen LogP) is 2.66. The maximum Gasteiger partial charge on any atom is 0.265 e. The summed E-state index contributed by atoms with van der Waals surface area (Å²) >= 11 is 0. The molecule has 0 bridgehead atoms. The van der Waals surface area contributed by atoms with E-state index in [2.05, 4.69) is 15.6 Å². The monoisotopic (exact) mass is 452 g/mol. The number of nitrogens with one attached hydrogen (secondary N) is 2. The SMILES string of the molecule is Cl.O=C(NCC1CCCC(CO)N1)c1cccn2c(=O)c3cc4ccccc4cc3nc12. The molecule has 5 rings (SSSR count). The largest absolute Gasteiger partial charge is 0.395 e. The van der Waals surface area contributed by atoms with Crippen LogP contribution in [-0.4, -0.2) is 45.6 Å². The number of hydrogen-bond acceptors (Lipinski definition) is 5. The number of hydrogen-bond donors (Lipinski definition) is 3. The first kappa shape index (κ1) is 22.2. The highest BCUT2D eigenvalue weighted by atomic mass is 35.5. The third kappa shape index (κ3) is 4.07. The van der Waals surface area contributed by atoms with Gasteiger partial charge in [-0.25, -0.2) is 4.98 Å². The van der Waals surface area contributed by atoms with E-state index in [1.807, 2.05) is 36.4 Å². The lowest BCUT2D eigenvalue weighted by Crippen LogP contribution is -2.49. The normalized spacial score (nSPS) is 18.5. The molecule has 1 saturated heterocycles. The molecule has 1 fully saturated rings. The van der Waals surface area contributed by atoms with Crippen LogP contribution in [0, 0.1) is 0 Å². The molecule has 8 heteroatoms. The summed E-state index contributed by atoms with van der Waals surface area (Å²) < 4.78 is 1.44. The highest BCUT2D eigenvalue weighted by molar-refractivity contribution is 6.02. The van der Waals surface area contributed by atoms with Gasteiger partial charge in [0.15, 0.2) is 5.65 Å². The summed E-state index contributed by atoms with van der Waals surface area (Å²) in [6.07, 6.45) is 4.55. The van der Waals surface area contributed by atoms with Gasteiger partial charge in [0.1, 0.15) is 0 Å². The van der Waals surface area contributed by atoms with Crippen LogP contribution in [0.1, 0.15) is 29.6 Å². The van der Waals surface area contributed by atoms with Gasteiger partial charge in [-0.1, -0.05) is 30.7 Å². The number of aliphatic hydroxyl groups is 1. The van der Waals surface area contributed by atoms with E-state index in [1.54, 1.807) is 18.3 Å². The summed E-state index contributed by atoms with van der Waals surface area (Å²) in [5, 5.41) is 18.2. The topological polar surface area (TPSA) is 95.7 Å². The van der Waals surface area contributed by atoms with Crippen molar-refractivity contribution in [1.29, 1.82) is 0 Å². The van der Waals surface area contributed by atoms with E-state index in [1.165, 1.54) is 4.40 Å². The number of rotatable bonds is 4. The van der Waals surface area contributed by atoms with Gasteiger partial charge >= 0.3 is 0 Å². The van der Waals surface area contributed by atoms with Gasteiger partial charge < -0.3 is 15.7 Å². The molecular formula is C24H25ClN4O3. The summed E-state index contributed by atoms with van der Waals surface area (Å²) in [6.45, 7) is 0.557.